The molecule has 0 bridgehead atoms. The van der Waals surface area contributed by atoms with Crippen molar-refractivity contribution in [3.8, 4) is 0 Å². The van der Waals surface area contributed by atoms with Gasteiger partial charge in [0.05, 0.1) is 6.61 Å². The van der Waals surface area contributed by atoms with Gasteiger partial charge in [-0.3, -0.25) is 9.41 Å². The van der Waals surface area contributed by atoms with Gasteiger partial charge in [-0.1, -0.05) is 0 Å². The minimum absolute atomic E-state index is 0. The molecule has 0 radical (unpaired) electrons. The van der Waals surface area contributed by atoms with E-state index in [-0.39, 0.29) is 16.0 Å². The first-order valence-corrected chi connectivity index (χ1v) is 1.22. The molecule has 0 amide bonds. The van der Waals surface area contributed by atoms with Crippen LogP contribution in [0, 0.1) is 0 Å². The topological polar surface area (TPSA) is 46.2 Å². The highest BCUT2D eigenvalue weighted by atomic mass is 19.0. The van der Waals surface area contributed by atoms with Crippen LogP contribution in [-0.4, -0.2) is 18.3 Å². The molecular weight excluding hydrogens is 92.0 g/mol. The molecule has 42 valence electrons. The van der Waals surface area contributed by atoms with E-state index in [1.165, 1.54) is 0 Å². The summed E-state index contributed by atoms with van der Waals surface area (Å²) in [6.07, 6.45) is 0. The summed E-state index contributed by atoms with van der Waals surface area (Å²) in [6, 6.07) is 0. The van der Waals surface area contributed by atoms with Crippen molar-refractivity contribution >= 4 is 0 Å². The van der Waals surface area contributed by atoms with Crippen LogP contribution in [0.3, 0.4) is 0 Å². The third kappa shape index (κ3) is 48.0. The van der Waals surface area contributed by atoms with Gasteiger partial charge in [0.25, 0.3) is 0 Å². The van der Waals surface area contributed by atoms with Crippen LogP contribution < -0.4 is 5.73 Å². The minimum atomic E-state index is 0. The van der Waals surface area contributed by atoms with E-state index in [1.54, 1.807) is 0 Å². The van der Waals surface area contributed by atoms with E-state index < -0.39 is 0 Å². The highest BCUT2D eigenvalue weighted by Gasteiger charge is 1.56. The molecule has 6 heavy (non-hydrogen) atoms. The summed E-state index contributed by atoms with van der Waals surface area (Å²) in [4.78, 5) is 0. The smallest absolute Gasteiger partial charge is 0.0553 e. The van der Waals surface area contributed by atoms with Crippen LogP contribution in [0.15, 0.2) is 0 Å². The molecule has 0 atom stereocenters. The van der Waals surface area contributed by atoms with Gasteiger partial charge in [0.2, 0.25) is 0 Å². The van der Waals surface area contributed by atoms with Gasteiger partial charge in [-0.25, -0.2) is 0 Å². The SMILES string of the molecule is F.F.NCCO. The molecule has 0 spiro atoms. The zero-order chi connectivity index (χ0) is 3.41. The summed E-state index contributed by atoms with van der Waals surface area (Å²) in [7, 11) is 0. The van der Waals surface area contributed by atoms with Gasteiger partial charge in [0.1, 0.15) is 0 Å². The Labute approximate surface area is 34.7 Å². The lowest BCUT2D eigenvalue weighted by Gasteiger charge is -1.71. The van der Waals surface area contributed by atoms with Crippen LogP contribution in [-0.2, 0) is 0 Å². The molecular formula is C2H9F2NO. The predicted octanol–water partition coefficient (Wildman–Crippen LogP) is -0.758. The molecule has 3 N–H and O–H groups in total. The lowest BCUT2D eigenvalue weighted by Crippen LogP contribution is -2.02. The highest BCUT2D eigenvalue weighted by Crippen LogP contribution is 1.33. The van der Waals surface area contributed by atoms with Crippen molar-refractivity contribution in [3.63, 3.8) is 0 Å². The summed E-state index contributed by atoms with van der Waals surface area (Å²) >= 11 is 0. The molecule has 2 nitrogen and oxygen atoms in total. The third-order valence-corrected chi connectivity index (χ3v) is 0.129. The lowest BCUT2D eigenvalue weighted by atomic mass is 10.8. The van der Waals surface area contributed by atoms with Crippen molar-refractivity contribution in [1.29, 1.82) is 0 Å². The average molecular weight is 101 g/mol. The number of rotatable bonds is 1. The van der Waals surface area contributed by atoms with Crippen LogP contribution >= 0.6 is 0 Å². The number of halogens is 2. The van der Waals surface area contributed by atoms with Crippen molar-refractivity contribution in [2.24, 2.45) is 5.73 Å². The molecule has 0 saturated heterocycles. The zero-order valence-corrected chi connectivity index (χ0v) is 3.26. The van der Waals surface area contributed by atoms with Crippen molar-refractivity contribution < 1.29 is 14.5 Å². The Morgan fingerprint density at radius 2 is 1.50 bits per heavy atom. The lowest BCUT2D eigenvalue weighted by molar-refractivity contribution is 0.306. The van der Waals surface area contributed by atoms with E-state index >= 15 is 0 Å². The second kappa shape index (κ2) is 21.6. The van der Waals surface area contributed by atoms with Gasteiger partial charge in [-0.2, -0.15) is 0 Å². The van der Waals surface area contributed by atoms with Crippen molar-refractivity contribution in [2.45, 2.75) is 0 Å². The van der Waals surface area contributed by atoms with Crippen LogP contribution in [0.5, 0.6) is 0 Å². The summed E-state index contributed by atoms with van der Waals surface area (Å²) in [5.74, 6) is 0. The molecule has 0 aliphatic rings. The standard InChI is InChI=1S/C2H7NO.2FH/c3-1-2-4;;/h4H,1-3H2;2*1H. The van der Waals surface area contributed by atoms with Crippen molar-refractivity contribution in [3.05, 3.63) is 0 Å². The second-order valence-electron chi connectivity index (χ2n) is 0.512. The summed E-state index contributed by atoms with van der Waals surface area (Å²) in [5, 5.41) is 7.75. The Morgan fingerprint density at radius 3 is 1.50 bits per heavy atom. The highest BCUT2D eigenvalue weighted by molar-refractivity contribution is 4.17. The molecule has 0 aliphatic heterocycles. The van der Waals surface area contributed by atoms with Gasteiger partial charge in [0, 0.05) is 6.54 Å². The maximum atomic E-state index is 7.75. The van der Waals surface area contributed by atoms with E-state index in [4.69, 9.17) is 10.8 Å². The maximum Gasteiger partial charge on any atom is 0.0553 e. The number of nitrogens with two attached hydrogens (primary N) is 1. The molecule has 0 aromatic rings. The molecule has 0 aromatic heterocycles. The quantitative estimate of drug-likeness (QED) is 0.456. The first kappa shape index (κ1) is 17.1. The Balaban J connectivity index is -0.0000000450. The van der Waals surface area contributed by atoms with Gasteiger partial charge in [-0.15, -0.1) is 0 Å². The van der Waals surface area contributed by atoms with Gasteiger partial charge in [-0.05, 0) is 0 Å². The van der Waals surface area contributed by atoms with E-state index in [9.17, 15) is 0 Å². The fourth-order valence-corrected chi connectivity index (χ4v) is 0. The Morgan fingerprint density at radius 1 is 1.33 bits per heavy atom. The molecule has 0 heterocycles. The van der Waals surface area contributed by atoms with Crippen molar-refractivity contribution in [2.75, 3.05) is 13.2 Å². The summed E-state index contributed by atoms with van der Waals surface area (Å²) < 4.78 is 0. The normalized spacial score (nSPS) is 5.00. The number of aliphatic hydroxyl groups is 1. The first-order valence-electron chi connectivity index (χ1n) is 1.22. The molecule has 0 saturated carbocycles. The number of aliphatic hydroxyl groups excluding tert-OH is 1. The zero-order valence-electron chi connectivity index (χ0n) is 3.26. The summed E-state index contributed by atoms with van der Waals surface area (Å²) in [5.41, 5.74) is 4.78. The number of hydrogen-bond acceptors (Lipinski definition) is 2. The van der Waals surface area contributed by atoms with E-state index in [2.05, 4.69) is 0 Å². The summed E-state index contributed by atoms with van der Waals surface area (Å²) in [6.45, 7) is 0.472. The average Bonchev–Trinajstić information content (AvgIpc) is 1.37. The van der Waals surface area contributed by atoms with Crippen LogP contribution in [0.2, 0.25) is 0 Å². The van der Waals surface area contributed by atoms with Gasteiger partial charge in [0.15, 0.2) is 0 Å². The largest absolute Gasteiger partial charge is 0.395 e. The molecule has 0 aromatic carbocycles. The van der Waals surface area contributed by atoms with E-state index in [1.807, 2.05) is 0 Å². The van der Waals surface area contributed by atoms with Crippen LogP contribution in [0.1, 0.15) is 0 Å². The molecule has 0 unspecified atom stereocenters. The second-order valence-corrected chi connectivity index (χ2v) is 0.512. The first-order chi connectivity index (χ1) is 1.91. The van der Waals surface area contributed by atoms with Gasteiger partial charge >= 0.3 is 0 Å². The fraction of sp³-hybridized carbons (Fsp3) is 1.00. The van der Waals surface area contributed by atoms with Crippen LogP contribution in [0.25, 0.3) is 0 Å². The fourth-order valence-electron chi connectivity index (χ4n) is 0. The predicted molar refractivity (Wildman–Crippen MR) is 21.1 cm³/mol. The monoisotopic (exact) mass is 101 g/mol. The molecule has 0 fully saturated rings. The Hall–Kier alpha value is -0.220. The maximum absolute atomic E-state index is 7.75. The molecule has 0 rings (SSSR count). The Bertz CT molecular complexity index is 13.5. The third-order valence-electron chi connectivity index (χ3n) is 0.129. The molecule has 4 heteroatoms. The van der Waals surface area contributed by atoms with Gasteiger partial charge < -0.3 is 10.8 Å². The minimum Gasteiger partial charge on any atom is -0.395 e. The van der Waals surface area contributed by atoms with Crippen LogP contribution in [0.4, 0.5) is 9.41 Å². The van der Waals surface area contributed by atoms with E-state index in [0.717, 1.165) is 0 Å². The number of hydrogen-bond donors (Lipinski definition) is 2. The Kier molecular flexibility index (Phi) is 61.4. The molecule has 0 aliphatic carbocycles. The van der Waals surface area contributed by atoms with Crippen molar-refractivity contribution in [1.82, 2.24) is 0 Å². The van der Waals surface area contributed by atoms with E-state index in [0.29, 0.717) is 6.54 Å².